The van der Waals surface area contributed by atoms with Crippen LogP contribution in [-0.2, 0) is 13.0 Å². The zero-order valence-corrected chi connectivity index (χ0v) is 13.4. The van der Waals surface area contributed by atoms with Gasteiger partial charge in [0.2, 0.25) is 0 Å². The molecule has 1 aromatic carbocycles. The average molecular weight is 336 g/mol. The number of hydrogen-bond acceptors (Lipinski definition) is 2. The maximum absolute atomic E-state index is 5.80. The van der Waals surface area contributed by atoms with E-state index in [1.165, 1.54) is 47.8 Å². The summed E-state index contributed by atoms with van der Waals surface area (Å²) in [6, 6.07) is 4.40. The van der Waals surface area contributed by atoms with Crippen molar-refractivity contribution in [3.63, 3.8) is 0 Å². The molecule has 3 heteroatoms. The molecule has 3 aliphatic rings. The molecule has 3 unspecified atom stereocenters. The molecule has 0 aromatic heterocycles. The fraction of sp³-hybridized carbons (Fsp3) is 0.647. The van der Waals surface area contributed by atoms with Crippen molar-refractivity contribution >= 4 is 15.9 Å². The van der Waals surface area contributed by atoms with Crippen LogP contribution in [0.4, 0.5) is 0 Å². The maximum atomic E-state index is 5.80. The molecule has 1 heterocycles. The van der Waals surface area contributed by atoms with Crippen LogP contribution >= 0.6 is 15.9 Å². The Morgan fingerprint density at radius 2 is 2.20 bits per heavy atom. The number of hydrogen-bond donors (Lipinski definition) is 1. The number of rotatable bonds is 4. The molecule has 0 spiro atoms. The van der Waals surface area contributed by atoms with Gasteiger partial charge in [0.1, 0.15) is 5.75 Å². The highest BCUT2D eigenvalue weighted by atomic mass is 79.9. The normalized spacial score (nSPS) is 30.6. The van der Waals surface area contributed by atoms with E-state index < -0.39 is 0 Å². The predicted octanol–water partition coefficient (Wildman–Crippen LogP) is 3.91. The summed E-state index contributed by atoms with van der Waals surface area (Å²) in [5.41, 5.74) is 2.67. The summed E-state index contributed by atoms with van der Waals surface area (Å²) in [6.45, 7) is 2.96. The highest BCUT2D eigenvalue weighted by Crippen LogP contribution is 2.48. The number of halogens is 1. The number of benzene rings is 1. The summed E-state index contributed by atoms with van der Waals surface area (Å²) in [5.74, 6) is 4.12. The Morgan fingerprint density at radius 3 is 3.00 bits per heavy atom. The Balaban J connectivity index is 1.38. The molecule has 20 heavy (non-hydrogen) atoms. The highest BCUT2D eigenvalue weighted by Gasteiger charge is 2.38. The fourth-order valence-electron chi connectivity index (χ4n) is 4.50. The van der Waals surface area contributed by atoms with Crippen LogP contribution in [0.15, 0.2) is 16.6 Å². The molecule has 0 saturated heterocycles. The molecule has 108 valence electrons. The summed E-state index contributed by atoms with van der Waals surface area (Å²) in [5, 5.41) is 3.68. The van der Waals surface area contributed by atoms with Crippen molar-refractivity contribution in [2.45, 2.75) is 38.6 Å². The molecule has 2 saturated carbocycles. The first-order valence-corrected chi connectivity index (χ1v) is 8.73. The largest absolute Gasteiger partial charge is 0.493 e. The van der Waals surface area contributed by atoms with Crippen LogP contribution < -0.4 is 10.1 Å². The zero-order valence-electron chi connectivity index (χ0n) is 11.8. The monoisotopic (exact) mass is 335 g/mol. The summed E-state index contributed by atoms with van der Waals surface area (Å²) in [6.07, 6.45) is 6.99. The summed E-state index contributed by atoms with van der Waals surface area (Å²) >= 11 is 3.62. The lowest BCUT2D eigenvalue weighted by atomic mass is 9.89. The van der Waals surface area contributed by atoms with Gasteiger partial charge in [-0.15, -0.1) is 0 Å². The van der Waals surface area contributed by atoms with Crippen LogP contribution in [0, 0.1) is 17.8 Å². The van der Waals surface area contributed by atoms with Crippen molar-refractivity contribution in [1.82, 2.24) is 5.32 Å². The van der Waals surface area contributed by atoms with Gasteiger partial charge in [0.25, 0.3) is 0 Å². The van der Waals surface area contributed by atoms with Crippen LogP contribution in [0.5, 0.6) is 5.75 Å². The van der Waals surface area contributed by atoms with Gasteiger partial charge in [0.05, 0.1) is 6.61 Å². The van der Waals surface area contributed by atoms with E-state index in [1.54, 1.807) is 0 Å². The van der Waals surface area contributed by atoms with Crippen LogP contribution in [0.25, 0.3) is 0 Å². The second-order valence-corrected chi connectivity index (χ2v) is 7.63. The van der Waals surface area contributed by atoms with Gasteiger partial charge in [-0.1, -0.05) is 22.4 Å². The third kappa shape index (κ3) is 2.39. The van der Waals surface area contributed by atoms with Gasteiger partial charge >= 0.3 is 0 Å². The molecule has 2 fully saturated rings. The lowest BCUT2D eigenvalue weighted by molar-refractivity contribution is 0.316. The minimum Gasteiger partial charge on any atom is -0.493 e. The molecule has 2 bridgehead atoms. The van der Waals surface area contributed by atoms with E-state index in [-0.39, 0.29) is 0 Å². The number of nitrogens with one attached hydrogen (secondary N) is 1. The number of ether oxygens (including phenoxy) is 1. The van der Waals surface area contributed by atoms with Crippen molar-refractivity contribution in [1.29, 1.82) is 0 Å². The van der Waals surface area contributed by atoms with Crippen molar-refractivity contribution in [3.05, 3.63) is 27.7 Å². The lowest BCUT2D eigenvalue weighted by Crippen LogP contribution is -2.26. The average Bonchev–Trinajstić information content (AvgIpc) is 3.13. The maximum Gasteiger partial charge on any atom is 0.127 e. The molecular formula is C17H22BrNO. The molecule has 2 aliphatic carbocycles. The van der Waals surface area contributed by atoms with Crippen molar-refractivity contribution in [2.75, 3.05) is 13.2 Å². The third-order valence-corrected chi connectivity index (χ3v) is 5.89. The molecule has 0 amide bonds. The molecular weight excluding hydrogens is 314 g/mol. The standard InChI is InChI=1S/C17H22BrNO/c18-16-7-13-3-4-20-17(13)15(8-16)10-19-9-14-6-11-1-2-12(14)5-11/h7-8,11-12,14,19H,1-6,9-10H2. The smallest absolute Gasteiger partial charge is 0.127 e. The zero-order chi connectivity index (χ0) is 13.5. The van der Waals surface area contributed by atoms with Crippen LogP contribution in [-0.4, -0.2) is 13.2 Å². The van der Waals surface area contributed by atoms with Crippen LogP contribution in [0.2, 0.25) is 0 Å². The van der Waals surface area contributed by atoms with Crippen LogP contribution in [0.1, 0.15) is 36.8 Å². The van der Waals surface area contributed by atoms with E-state index in [4.69, 9.17) is 4.74 Å². The minimum absolute atomic E-state index is 0.838. The summed E-state index contributed by atoms with van der Waals surface area (Å²) < 4.78 is 6.97. The Labute approximate surface area is 129 Å². The van der Waals surface area contributed by atoms with E-state index in [0.717, 1.165) is 43.1 Å². The Bertz CT molecular complexity index is 516. The van der Waals surface area contributed by atoms with Crippen molar-refractivity contribution in [2.24, 2.45) is 17.8 Å². The second kappa shape index (κ2) is 5.34. The first-order valence-electron chi connectivity index (χ1n) is 7.94. The van der Waals surface area contributed by atoms with Gasteiger partial charge in [0, 0.05) is 23.0 Å². The van der Waals surface area contributed by atoms with Gasteiger partial charge in [-0.2, -0.15) is 0 Å². The third-order valence-electron chi connectivity index (χ3n) is 5.43. The minimum atomic E-state index is 0.838. The molecule has 1 aliphatic heterocycles. The predicted molar refractivity (Wildman–Crippen MR) is 84.0 cm³/mol. The Morgan fingerprint density at radius 1 is 1.25 bits per heavy atom. The molecule has 2 nitrogen and oxygen atoms in total. The molecule has 1 N–H and O–H groups in total. The van der Waals surface area contributed by atoms with Gasteiger partial charge in [-0.05, 0) is 61.3 Å². The second-order valence-electron chi connectivity index (χ2n) is 6.72. The first kappa shape index (κ1) is 13.1. The SMILES string of the molecule is Brc1cc2c(c(CNCC3CC4CCC3C4)c1)OCC2. The Kier molecular flexibility index (Phi) is 3.51. The van der Waals surface area contributed by atoms with E-state index in [2.05, 4.69) is 33.4 Å². The summed E-state index contributed by atoms with van der Waals surface area (Å²) in [7, 11) is 0. The van der Waals surface area contributed by atoms with Gasteiger partial charge in [0.15, 0.2) is 0 Å². The van der Waals surface area contributed by atoms with E-state index in [1.807, 2.05) is 0 Å². The molecule has 3 atom stereocenters. The number of fused-ring (bicyclic) bond motifs is 3. The van der Waals surface area contributed by atoms with Gasteiger partial charge < -0.3 is 10.1 Å². The van der Waals surface area contributed by atoms with Crippen molar-refractivity contribution < 1.29 is 4.74 Å². The molecule has 1 aromatic rings. The highest BCUT2D eigenvalue weighted by molar-refractivity contribution is 9.10. The van der Waals surface area contributed by atoms with E-state index in [9.17, 15) is 0 Å². The Hall–Kier alpha value is -0.540. The quantitative estimate of drug-likeness (QED) is 0.900. The van der Waals surface area contributed by atoms with Crippen molar-refractivity contribution in [3.8, 4) is 5.75 Å². The van der Waals surface area contributed by atoms with E-state index in [0.29, 0.717) is 0 Å². The fourth-order valence-corrected chi connectivity index (χ4v) is 5.05. The van der Waals surface area contributed by atoms with E-state index >= 15 is 0 Å². The first-order chi connectivity index (χ1) is 9.79. The lowest BCUT2D eigenvalue weighted by Gasteiger charge is -2.22. The summed E-state index contributed by atoms with van der Waals surface area (Å²) in [4.78, 5) is 0. The molecule has 0 radical (unpaired) electrons. The van der Waals surface area contributed by atoms with Gasteiger partial charge in [-0.3, -0.25) is 0 Å². The van der Waals surface area contributed by atoms with Gasteiger partial charge in [-0.25, -0.2) is 0 Å². The topological polar surface area (TPSA) is 21.3 Å². The van der Waals surface area contributed by atoms with Crippen LogP contribution in [0.3, 0.4) is 0 Å². The molecule has 4 rings (SSSR count).